The van der Waals surface area contributed by atoms with Crippen LogP contribution < -0.4 is 10.1 Å². The minimum Gasteiger partial charge on any atom is -0.454 e. The van der Waals surface area contributed by atoms with Crippen LogP contribution in [0, 0.1) is 11.6 Å². The summed E-state index contributed by atoms with van der Waals surface area (Å²) in [6.45, 7) is 1.83. The molecule has 1 N–H and O–H groups in total. The molecular formula is C15H13Cl2F2NO. The van der Waals surface area contributed by atoms with Gasteiger partial charge >= 0.3 is 0 Å². The summed E-state index contributed by atoms with van der Waals surface area (Å²) in [6.07, 6.45) is 0. The lowest BCUT2D eigenvalue weighted by Crippen LogP contribution is -2.13. The summed E-state index contributed by atoms with van der Waals surface area (Å²) in [7, 11) is 1.73. The van der Waals surface area contributed by atoms with Crippen LogP contribution >= 0.6 is 23.2 Å². The van der Waals surface area contributed by atoms with Gasteiger partial charge in [-0.05, 0) is 38.2 Å². The molecule has 112 valence electrons. The third-order valence-electron chi connectivity index (χ3n) is 3.07. The number of hydrogen-bond donors (Lipinski definition) is 1. The van der Waals surface area contributed by atoms with Crippen molar-refractivity contribution < 1.29 is 13.5 Å². The Kier molecular flexibility index (Phi) is 5.04. The molecule has 6 heteroatoms. The van der Waals surface area contributed by atoms with Crippen molar-refractivity contribution in [2.24, 2.45) is 0 Å². The number of nitrogens with one attached hydrogen (secondary N) is 1. The zero-order valence-corrected chi connectivity index (χ0v) is 12.9. The molecule has 1 atom stereocenters. The second-order valence-electron chi connectivity index (χ2n) is 4.49. The highest BCUT2D eigenvalue weighted by Gasteiger charge is 2.16. The summed E-state index contributed by atoms with van der Waals surface area (Å²) in [5.41, 5.74) is 0.536. The van der Waals surface area contributed by atoms with Crippen molar-refractivity contribution in [3.63, 3.8) is 0 Å². The quantitative estimate of drug-likeness (QED) is 0.815. The summed E-state index contributed by atoms with van der Waals surface area (Å²) in [5.74, 6) is -0.889. The van der Waals surface area contributed by atoms with Gasteiger partial charge in [-0.15, -0.1) is 0 Å². The molecule has 0 heterocycles. The highest BCUT2D eigenvalue weighted by atomic mass is 35.5. The fourth-order valence-electron chi connectivity index (χ4n) is 1.80. The Morgan fingerprint density at radius 3 is 2.38 bits per heavy atom. The molecule has 2 rings (SSSR count). The first-order valence-electron chi connectivity index (χ1n) is 6.21. The summed E-state index contributed by atoms with van der Waals surface area (Å²) in [6, 6.07) is 6.46. The van der Waals surface area contributed by atoms with Gasteiger partial charge in [-0.2, -0.15) is 0 Å². The monoisotopic (exact) mass is 331 g/mol. The van der Waals surface area contributed by atoms with Crippen molar-refractivity contribution >= 4 is 23.2 Å². The van der Waals surface area contributed by atoms with E-state index in [4.69, 9.17) is 27.9 Å². The Bertz CT molecular complexity index is 664. The molecule has 0 aliphatic carbocycles. The predicted octanol–water partition coefficient (Wildman–Crippen LogP) is 5.34. The second kappa shape index (κ2) is 6.60. The van der Waals surface area contributed by atoms with Crippen LogP contribution in [0.1, 0.15) is 18.5 Å². The van der Waals surface area contributed by atoms with Gasteiger partial charge in [0.2, 0.25) is 0 Å². The SMILES string of the molecule is CNC(C)c1cc(F)c(Cl)cc1Oc1ccc(Cl)cc1F. The molecule has 0 radical (unpaired) electrons. The third-order valence-corrected chi connectivity index (χ3v) is 3.59. The molecule has 2 nitrogen and oxygen atoms in total. The van der Waals surface area contributed by atoms with Gasteiger partial charge in [0.1, 0.15) is 11.6 Å². The van der Waals surface area contributed by atoms with Gasteiger partial charge in [-0.3, -0.25) is 0 Å². The lowest BCUT2D eigenvalue weighted by atomic mass is 10.1. The van der Waals surface area contributed by atoms with E-state index in [-0.39, 0.29) is 27.6 Å². The topological polar surface area (TPSA) is 21.3 Å². The first kappa shape index (κ1) is 16.0. The van der Waals surface area contributed by atoms with E-state index in [0.717, 1.165) is 6.07 Å². The minimum absolute atomic E-state index is 0.00775. The lowest BCUT2D eigenvalue weighted by Gasteiger charge is -2.17. The number of hydrogen-bond acceptors (Lipinski definition) is 2. The summed E-state index contributed by atoms with van der Waals surface area (Å²) >= 11 is 11.5. The van der Waals surface area contributed by atoms with Crippen LogP contribution in [0.2, 0.25) is 10.0 Å². The molecule has 2 aromatic carbocycles. The highest BCUT2D eigenvalue weighted by Crippen LogP contribution is 2.35. The summed E-state index contributed by atoms with van der Waals surface area (Å²) < 4.78 is 32.9. The van der Waals surface area contributed by atoms with E-state index in [9.17, 15) is 8.78 Å². The zero-order valence-electron chi connectivity index (χ0n) is 11.4. The smallest absolute Gasteiger partial charge is 0.167 e. The van der Waals surface area contributed by atoms with Gasteiger partial charge in [0.25, 0.3) is 0 Å². The minimum atomic E-state index is -0.606. The maximum Gasteiger partial charge on any atom is 0.167 e. The van der Waals surface area contributed by atoms with Gasteiger partial charge in [0.15, 0.2) is 11.6 Å². The molecule has 21 heavy (non-hydrogen) atoms. The third kappa shape index (κ3) is 3.64. The number of ether oxygens (including phenoxy) is 1. The lowest BCUT2D eigenvalue weighted by molar-refractivity contribution is 0.430. The zero-order chi connectivity index (χ0) is 15.6. The van der Waals surface area contributed by atoms with Crippen molar-refractivity contribution in [3.8, 4) is 11.5 Å². The van der Waals surface area contributed by atoms with Crippen LogP contribution in [-0.2, 0) is 0 Å². The maximum absolute atomic E-state index is 13.8. The van der Waals surface area contributed by atoms with Gasteiger partial charge in [-0.25, -0.2) is 8.78 Å². The van der Waals surface area contributed by atoms with E-state index < -0.39 is 11.6 Å². The van der Waals surface area contributed by atoms with Gasteiger partial charge in [0, 0.05) is 22.7 Å². The van der Waals surface area contributed by atoms with Crippen LogP contribution in [0.15, 0.2) is 30.3 Å². The van der Waals surface area contributed by atoms with Crippen molar-refractivity contribution in [2.45, 2.75) is 13.0 Å². The molecular weight excluding hydrogens is 319 g/mol. The second-order valence-corrected chi connectivity index (χ2v) is 5.33. The van der Waals surface area contributed by atoms with Crippen molar-refractivity contribution in [1.29, 1.82) is 0 Å². The fourth-order valence-corrected chi connectivity index (χ4v) is 2.12. The molecule has 0 saturated heterocycles. The Hall–Kier alpha value is -1.36. The maximum atomic E-state index is 13.8. The molecule has 0 bridgehead atoms. The van der Waals surface area contributed by atoms with Crippen LogP contribution in [0.5, 0.6) is 11.5 Å². The molecule has 0 saturated carbocycles. The van der Waals surface area contributed by atoms with Crippen LogP contribution in [-0.4, -0.2) is 7.05 Å². The first-order valence-corrected chi connectivity index (χ1v) is 6.97. The van der Waals surface area contributed by atoms with Gasteiger partial charge in [-0.1, -0.05) is 23.2 Å². The Labute approximate surface area is 131 Å². The van der Waals surface area contributed by atoms with E-state index in [2.05, 4.69) is 5.32 Å². The molecule has 0 aliphatic heterocycles. The standard InChI is InChI=1S/C15H13Cl2F2NO/c1-8(20-2)10-6-12(18)11(17)7-15(10)21-14-4-3-9(16)5-13(14)19/h3-8,20H,1-2H3. The molecule has 0 aliphatic rings. The Balaban J connectivity index is 2.45. The molecule has 0 aromatic heterocycles. The van der Waals surface area contributed by atoms with E-state index in [1.165, 1.54) is 24.3 Å². The molecule has 2 aromatic rings. The summed E-state index contributed by atoms with van der Waals surface area (Å²) in [5, 5.41) is 3.15. The first-order chi connectivity index (χ1) is 9.92. The molecule has 0 amide bonds. The Morgan fingerprint density at radius 2 is 1.76 bits per heavy atom. The van der Waals surface area contributed by atoms with Crippen molar-refractivity contribution in [1.82, 2.24) is 5.32 Å². The van der Waals surface area contributed by atoms with E-state index >= 15 is 0 Å². The van der Waals surface area contributed by atoms with Crippen molar-refractivity contribution in [3.05, 3.63) is 57.6 Å². The summed E-state index contributed by atoms with van der Waals surface area (Å²) in [4.78, 5) is 0. The average Bonchev–Trinajstić information content (AvgIpc) is 2.44. The van der Waals surface area contributed by atoms with Crippen LogP contribution in [0.4, 0.5) is 8.78 Å². The highest BCUT2D eigenvalue weighted by molar-refractivity contribution is 6.31. The number of rotatable bonds is 4. The largest absolute Gasteiger partial charge is 0.454 e. The predicted molar refractivity (Wildman–Crippen MR) is 80.4 cm³/mol. The molecule has 0 spiro atoms. The van der Waals surface area contributed by atoms with Crippen LogP contribution in [0.25, 0.3) is 0 Å². The van der Waals surface area contributed by atoms with Gasteiger partial charge < -0.3 is 10.1 Å². The normalized spacial score (nSPS) is 12.3. The number of benzene rings is 2. The van der Waals surface area contributed by atoms with E-state index in [1.807, 2.05) is 6.92 Å². The van der Waals surface area contributed by atoms with Crippen LogP contribution in [0.3, 0.4) is 0 Å². The van der Waals surface area contributed by atoms with E-state index in [0.29, 0.717) is 5.56 Å². The van der Waals surface area contributed by atoms with Gasteiger partial charge in [0.05, 0.1) is 5.02 Å². The Morgan fingerprint density at radius 1 is 1.05 bits per heavy atom. The average molecular weight is 332 g/mol. The number of halogens is 4. The molecule has 0 fully saturated rings. The molecule has 1 unspecified atom stereocenters. The van der Waals surface area contributed by atoms with E-state index in [1.54, 1.807) is 7.05 Å². The van der Waals surface area contributed by atoms with Crippen molar-refractivity contribution in [2.75, 3.05) is 7.05 Å². The fraction of sp³-hybridized carbons (Fsp3) is 0.200.